The highest BCUT2D eigenvalue weighted by Gasteiger charge is 2.52. The Balaban J connectivity index is 1.55. The zero-order valence-corrected chi connectivity index (χ0v) is 38.8. The monoisotopic (exact) mass is 879 g/mol. The molecule has 4 aromatic carbocycles. The highest BCUT2D eigenvalue weighted by atomic mass is 19.1. The van der Waals surface area contributed by atoms with Crippen LogP contribution >= 0.6 is 0 Å². The van der Waals surface area contributed by atoms with E-state index in [9.17, 15) is 10.2 Å². The Morgan fingerprint density at radius 3 is 1.28 bits per heavy atom. The molecule has 0 bridgehead atoms. The predicted octanol–water partition coefficient (Wildman–Crippen LogP) is 8.82. The lowest BCUT2D eigenvalue weighted by molar-refractivity contribution is -0.133. The van der Waals surface area contributed by atoms with Crippen LogP contribution in [0.2, 0.25) is 0 Å². The van der Waals surface area contributed by atoms with E-state index >= 15 is 23.2 Å². The zero-order chi connectivity index (χ0) is 46.8. The van der Waals surface area contributed by atoms with E-state index in [1.807, 2.05) is 0 Å². The van der Waals surface area contributed by atoms with Gasteiger partial charge in [-0.05, 0) is 109 Å². The Kier molecular flexibility index (Phi) is 15.0. The molecule has 344 valence electrons. The van der Waals surface area contributed by atoms with Gasteiger partial charge in [0.15, 0.2) is 11.6 Å². The molecule has 2 saturated heterocycles. The summed E-state index contributed by atoms with van der Waals surface area (Å²) in [5, 5.41) is 21.1. The summed E-state index contributed by atoms with van der Waals surface area (Å²) in [6.45, 7) is 17.7. The third kappa shape index (κ3) is 10.8. The van der Waals surface area contributed by atoms with Gasteiger partial charge in [-0.1, -0.05) is 90.1 Å². The highest BCUT2D eigenvalue weighted by molar-refractivity contribution is 6.01. The van der Waals surface area contributed by atoms with Gasteiger partial charge in [0, 0.05) is 84.9 Å². The maximum atomic E-state index is 16.3. The van der Waals surface area contributed by atoms with Gasteiger partial charge in [-0.15, -0.1) is 0 Å². The standard InChI is InChI=1S/C53H68F2N4O5/c1-31-37(17-11-19-43(31)54)47-39(49(62)33-13-9-15-35(60)25-33)27-58(23-21-45(56)52(3,4)5)29-41(47)51(64)42-30-59(24-22-46(57)53(6,7)8)28-40(50(63)34-14-10-16-36(61)26-34)48(42)38-18-12-20-44(55)32(38)2/h9-20,25-26,39-42,45-48,60-61H,21-24,27-30,56-57H2,1-8H3/t39-,40?,41+,42?,45?,46?,47-,48?/m0/s1. The van der Waals surface area contributed by atoms with Crippen molar-refractivity contribution in [1.82, 2.24) is 9.80 Å². The number of carbonyl (C=O) groups is 3. The first kappa shape index (κ1) is 48.6. The largest absolute Gasteiger partial charge is 0.508 e. The molecular weight excluding hydrogens is 811 g/mol. The van der Waals surface area contributed by atoms with Crippen molar-refractivity contribution in [3.8, 4) is 11.5 Å². The SMILES string of the molecule is Cc1c(F)cccc1C1C(C(=O)c2cccc(O)c2)CN(CCC(N)C(C)(C)C)CC1C(=O)[C@@H]1CN(CCC(N)C(C)(C)C)C[C@H](C(=O)c2cccc(O)c2)[C@@H]1c1cccc(F)c1C. The molecule has 0 radical (unpaired) electrons. The van der Waals surface area contributed by atoms with Crippen LogP contribution in [0.25, 0.3) is 0 Å². The Morgan fingerprint density at radius 2 is 0.938 bits per heavy atom. The molecule has 64 heavy (non-hydrogen) atoms. The van der Waals surface area contributed by atoms with Crippen molar-refractivity contribution in [2.75, 3.05) is 39.3 Å². The maximum absolute atomic E-state index is 16.3. The Hall–Kier alpha value is -4.81. The van der Waals surface area contributed by atoms with Crippen molar-refractivity contribution in [2.24, 2.45) is 46.0 Å². The van der Waals surface area contributed by atoms with Gasteiger partial charge >= 0.3 is 0 Å². The van der Waals surface area contributed by atoms with E-state index in [2.05, 4.69) is 51.3 Å². The number of phenolic OH excluding ortho intramolecular Hbond substituents is 2. The van der Waals surface area contributed by atoms with E-state index in [4.69, 9.17) is 11.5 Å². The van der Waals surface area contributed by atoms with Gasteiger partial charge < -0.3 is 31.5 Å². The topological polar surface area (TPSA) is 150 Å². The van der Waals surface area contributed by atoms with Gasteiger partial charge in [0.05, 0.1) is 0 Å². The first-order valence-corrected chi connectivity index (χ1v) is 22.7. The highest BCUT2D eigenvalue weighted by Crippen LogP contribution is 2.48. The number of nitrogens with zero attached hydrogens (tertiary/aromatic N) is 2. The summed E-state index contributed by atoms with van der Waals surface area (Å²) in [6, 6.07) is 21.5. The molecule has 2 heterocycles. The molecule has 0 aromatic heterocycles. The number of Topliss-reactive ketones (excluding diaryl/α,β-unsaturated/α-hetero) is 3. The number of ketones is 3. The van der Waals surface area contributed by atoms with Crippen LogP contribution in [0.1, 0.15) is 109 Å². The van der Waals surface area contributed by atoms with Gasteiger partial charge in [0.2, 0.25) is 0 Å². The molecule has 2 fully saturated rings. The Bertz CT molecular complexity index is 2160. The van der Waals surface area contributed by atoms with Gasteiger partial charge in [-0.2, -0.15) is 0 Å². The van der Waals surface area contributed by atoms with Crippen LogP contribution in [-0.4, -0.2) is 88.7 Å². The number of benzene rings is 4. The Labute approximate surface area is 378 Å². The van der Waals surface area contributed by atoms with Gasteiger partial charge in [-0.3, -0.25) is 14.4 Å². The van der Waals surface area contributed by atoms with Crippen LogP contribution < -0.4 is 11.5 Å². The average molecular weight is 879 g/mol. The number of phenols is 2. The normalized spacial score (nSPS) is 23.4. The molecule has 4 aromatic rings. The van der Waals surface area contributed by atoms with Gasteiger partial charge in [-0.25, -0.2) is 8.78 Å². The first-order chi connectivity index (χ1) is 30.1. The second kappa shape index (κ2) is 19.7. The molecule has 11 heteroatoms. The number of nitrogens with two attached hydrogens (primary N) is 2. The van der Waals surface area contributed by atoms with Gasteiger partial charge in [0.25, 0.3) is 0 Å². The van der Waals surface area contributed by atoms with E-state index in [0.29, 0.717) is 48.2 Å². The molecular formula is C53H68F2N4O5. The predicted molar refractivity (Wildman–Crippen MR) is 249 cm³/mol. The summed E-state index contributed by atoms with van der Waals surface area (Å²) < 4.78 is 31.5. The quantitative estimate of drug-likeness (QED) is 0.0912. The smallest absolute Gasteiger partial charge is 0.167 e. The van der Waals surface area contributed by atoms with Crippen molar-refractivity contribution < 1.29 is 33.4 Å². The van der Waals surface area contributed by atoms with Crippen molar-refractivity contribution in [2.45, 2.75) is 92.2 Å². The number of hydrogen-bond acceptors (Lipinski definition) is 9. The Morgan fingerprint density at radius 1 is 0.594 bits per heavy atom. The van der Waals surface area contributed by atoms with Crippen molar-refractivity contribution in [3.63, 3.8) is 0 Å². The molecule has 9 nitrogen and oxygen atoms in total. The van der Waals surface area contributed by atoms with Crippen LogP contribution in [0.3, 0.4) is 0 Å². The molecule has 2 aliphatic rings. The van der Waals surface area contributed by atoms with Crippen molar-refractivity contribution in [3.05, 3.63) is 130 Å². The number of carbonyl (C=O) groups excluding carboxylic acids is 3. The molecule has 0 amide bonds. The van der Waals surface area contributed by atoms with Crippen LogP contribution in [0.15, 0.2) is 84.9 Å². The minimum atomic E-state index is -0.888. The number of halogens is 2. The summed E-state index contributed by atoms with van der Waals surface area (Å²) in [5.41, 5.74) is 15.3. The summed E-state index contributed by atoms with van der Waals surface area (Å²) in [6.07, 6.45) is 1.16. The third-order valence-corrected chi connectivity index (χ3v) is 14.3. The van der Waals surface area contributed by atoms with E-state index in [-0.39, 0.29) is 89.1 Å². The number of likely N-dealkylation sites (tertiary alicyclic amines) is 2. The fraction of sp³-hybridized carbons (Fsp3) is 0.491. The molecule has 6 N–H and O–H groups in total. The van der Waals surface area contributed by atoms with Crippen molar-refractivity contribution in [1.29, 1.82) is 0 Å². The molecule has 6 rings (SSSR count). The maximum Gasteiger partial charge on any atom is 0.167 e. The number of rotatable bonds is 14. The molecule has 8 atom stereocenters. The van der Waals surface area contributed by atoms with Crippen LogP contribution in [0.5, 0.6) is 11.5 Å². The van der Waals surface area contributed by atoms with Crippen LogP contribution in [0.4, 0.5) is 8.78 Å². The minimum absolute atomic E-state index is 0.0787. The lowest BCUT2D eigenvalue weighted by Crippen LogP contribution is -2.56. The number of piperidine rings is 2. The van der Waals surface area contributed by atoms with E-state index in [1.165, 1.54) is 36.4 Å². The fourth-order valence-corrected chi connectivity index (χ4v) is 10.0. The first-order valence-electron chi connectivity index (χ1n) is 22.7. The lowest BCUT2D eigenvalue weighted by atomic mass is 9.62. The average Bonchev–Trinajstić information content (AvgIpc) is 3.24. The zero-order valence-electron chi connectivity index (χ0n) is 38.8. The summed E-state index contributed by atoms with van der Waals surface area (Å²) in [5.74, 6) is -6.94. The summed E-state index contributed by atoms with van der Waals surface area (Å²) in [7, 11) is 0. The number of aromatic hydroxyl groups is 2. The molecule has 2 aliphatic heterocycles. The molecule has 0 spiro atoms. The van der Waals surface area contributed by atoms with Gasteiger partial charge in [0.1, 0.15) is 28.9 Å². The molecule has 0 aliphatic carbocycles. The van der Waals surface area contributed by atoms with E-state index in [0.717, 1.165) is 0 Å². The minimum Gasteiger partial charge on any atom is -0.508 e. The second-order valence-corrected chi connectivity index (χ2v) is 20.7. The van der Waals surface area contributed by atoms with E-state index in [1.54, 1.807) is 62.4 Å². The van der Waals surface area contributed by atoms with Crippen molar-refractivity contribution >= 4 is 17.3 Å². The third-order valence-electron chi connectivity index (χ3n) is 14.3. The lowest BCUT2D eigenvalue weighted by Gasteiger charge is -2.48. The van der Waals surface area contributed by atoms with E-state index < -0.39 is 47.1 Å². The van der Waals surface area contributed by atoms with Crippen LogP contribution in [0, 0.1) is 60.0 Å². The molecule has 5 unspecified atom stereocenters. The summed E-state index contributed by atoms with van der Waals surface area (Å²) >= 11 is 0. The fourth-order valence-electron chi connectivity index (χ4n) is 10.0. The van der Waals surface area contributed by atoms with Crippen LogP contribution in [-0.2, 0) is 4.79 Å². The molecule has 0 saturated carbocycles. The number of hydrogen-bond donors (Lipinski definition) is 4. The second-order valence-electron chi connectivity index (χ2n) is 20.7. The summed E-state index contributed by atoms with van der Waals surface area (Å²) in [4.78, 5) is 50.6.